The monoisotopic (exact) mass is 252 g/mol. The molecule has 0 radical (unpaired) electrons. The minimum atomic E-state index is -0.265. The van der Waals surface area contributed by atoms with Crippen LogP contribution in [0.5, 0.6) is 0 Å². The molecule has 2 nitrogen and oxygen atoms in total. The van der Waals surface area contributed by atoms with Crippen LogP contribution in [0, 0.1) is 5.82 Å². The molecule has 1 aromatic carbocycles. The highest BCUT2D eigenvalue weighted by molar-refractivity contribution is 6.17. The number of benzene rings is 1. The summed E-state index contributed by atoms with van der Waals surface area (Å²) in [7, 11) is 0. The van der Waals surface area contributed by atoms with Crippen molar-refractivity contribution in [3.8, 4) is 5.69 Å². The Morgan fingerprint density at radius 3 is 2.94 bits per heavy atom. The average molecular weight is 253 g/mol. The molecule has 0 saturated carbocycles. The van der Waals surface area contributed by atoms with Crippen molar-refractivity contribution in [3.05, 3.63) is 47.8 Å². The van der Waals surface area contributed by atoms with Crippen LogP contribution in [0.15, 0.2) is 30.6 Å². The normalized spacial score (nSPS) is 10.8. The first-order chi connectivity index (χ1) is 8.27. The number of halogens is 2. The van der Waals surface area contributed by atoms with Crippen LogP contribution in [0.4, 0.5) is 4.39 Å². The molecule has 0 aliphatic carbocycles. The van der Waals surface area contributed by atoms with Crippen LogP contribution in [-0.2, 0) is 12.3 Å². The van der Waals surface area contributed by atoms with E-state index in [0.717, 1.165) is 24.2 Å². The summed E-state index contributed by atoms with van der Waals surface area (Å²) in [5, 5.41) is 0. The second-order valence-electron chi connectivity index (χ2n) is 3.84. The van der Waals surface area contributed by atoms with E-state index in [1.54, 1.807) is 23.0 Å². The van der Waals surface area contributed by atoms with Gasteiger partial charge in [-0.05, 0) is 18.1 Å². The molecular weight excluding hydrogens is 239 g/mol. The van der Waals surface area contributed by atoms with E-state index in [1.165, 1.54) is 6.07 Å². The van der Waals surface area contributed by atoms with Gasteiger partial charge in [0, 0.05) is 24.7 Å². The van der Waals surface area contributed by atoms with Gasteiger partial charge in [0.25, 0.3) is 0 Å². The number of aromatic nitrogens is 2. The minimum Gasteiger partial charge on any atom is -0.301 e. The lowest BCUT2D eigenvalue weighted by molar-refractivity contribution is 0.612. The molecule has 1 aromatic heterocycles. The second-order valence-corrected chi connectivity index (χ2v) is 4.11. The van der Waals surface area contributed by atoms with E-state index in [0.29, 0.717) is 5.69 Å². The molecule has 0 bridgehead atoms. The fourth-order valence-electron chi connectivity index (χ4n) is 1.88. The Labute approximate surface area is 105 Å². The first kappa shape index (κ1) is 12.1. The summed E-state index contributed by atoms with van der Waals surface area (Å²) in [6.07, 6.45) is 5.26. The van der Waals surface area contributed by atoms with Crippen molar-refractivity contribution >= 4 is 11.6 Å². The van der Waals surface area contributed by atoms with Crippen molar-refractivity contribution < 1.29 is 4.39 Å². The smallest absolute Gasteiger partial charge is 0.147 e. The summed E-state index contributed by atoms with van der Waals surface area (Å²) >= 11 is 5.85. The Kier molecular flexibility index (Phi) is 3.79. The van der Waals surface area contributed by atoms with Crippen molar-refractivity contribution in [2.24, 2.45) is 0 Å². The van der Waals surface area contributed by atoms with Gasteiger partial charge in [0.2, 0.25) is 0 Å². The summed E-state index contributed by atoms with van der Waals surface area (Å²) in [5.74, 6) is 0.888. The van der Waals surface area contributed by atoms with Crippen LogP contribution in [0.2, 0.25) is 0 Å². The molecule has 0 aliphatic rings. The molecule has 90 valence electrons. The highest BCUT2D eigenvalue weighted by Crippen LogP contribution is 2.22. The molecule has 0 N–H and O–H groups in total. The lowest BCUT2D eigenvalue weighted by atomic mass is 10.2. The highest BCUT2D eigenvalue weighted by atomic mass is 35.5. The van der Waals surface area contributed by atoms with Gasteiger partial charge in [-0.3, -0.25) is 0 Å². The van der Waals surface area contributed by atoms with E-state index in [-0.39, 0.29) is 11.7 Å². The van der Waals surface area contributed by atoms with Gasteiger partial charge in [0.1, 0.15) is 11.6 Å². The molecule has 0 unspecified atom stereocenters. The summed E-state index contributed by atoms with van der Waals surface area (Å²) < 4.78 is 15.7. The van der Waals surface area contributed by atoms with Gasteiger partial charge < -0.3 is 4.57 Å². The van der Waals surface area contributed by atoms with Gasteiger partial charge in [-0.25, -0.2) is 9.37 Å². The maximum atomic E-state index is 13.9. The minimum absolute atomic E-state index is 0.265. The predicted molar refractivity (Wildman–Crippen MR) is 67.1 cm³/mol. The molecule has 0 fully saturated rings. The molecule has 2 rings (SSSR count). The van der Waals surface area contributed by atoms with Gasteiger partial charge in [0.05, 0.1) is 5.69 Å². The average Bonchev–Trinajstić information content (AvgIpc) is 2.77. The van der Waals surface area contributed by atoms with Crippen LogP contribution in [-0.4, -0.2) is 9.55 Å². The first-order valence-electron chi connectivity index (χ1n) is 5.64. The summed E-state index contributed by atoms with van der Waals surface area (Å²) in [6.45, 7) is 2.07. The largest absolute Gasteiger partial charge is 0.301 e. The van der Waals surface area contributed by atoms with Crippen molar-refractivity contribution in [2.45, 2.75) is 25.6 Å². The molecule has 2 aromatic rings. The van der Waals surface area contributed by atoms with Gasteiger partial charge in [-0.15, -0.1) is 11.6 Å². The number of rotatable bonds is 4. The van der Waals surface area contributed by atoms with Crippen LogP contribution in [0.3, 0.4) is 0 Å². The van der Waals surface area contributed by atoms with Crippen molar-refractivity contribution in [2.75, 3.05) is 0 Å². The number of alkyl halides is 1. The molecule has 1 heterocycles. The second kappa shape index (κ2) is 5.32. The molecule has 0 spiro atoms. The Bertz CT molecular complexity index is 508. The zero-order valence-corrected chi connectivity index (χ0v) is 10.4. The topological polar surface area (TPSA) is 17.8 Å². The summed E-state index contributed by atoms with van der Waals surface area (Å²) in [6, 6.07) is 4.95. The third-order valence-electron chi connectivity index (χ3n) is 2.65. The quantitative estimate of drug-likeness (QED) is 0.759. The van der Waals surface area contributed by atoms with E-state index >= 15 is 0 Å². The predicted octanol–water partition coefficient (Wildman–Crippen LogP) is 3.70. The molecule has 0 aliphatic heterocycles. The highest BCUT2D eigenvalue weighted by Gasteiger charge is 2.12. The number of imidazole rings is 1. The third-order valence-corrected chi connectivity index (χ3v) is 2.93. The standard InChI is InChI=1S/C13H14ClFN2/c1-2-4-12-16-7-8-17(12)13-10(9-14)5-3-6-11(13)15/h3,5-8H,2,4,9H2,1H3. The lowest BCUT2D eigenvalue weighted by Crippen LogP contribution is -2.05. The van der Waals surface area contributed by atoms with E-state index < -0.39 is 0 Å². The molecule has 4 heteroatoms. The van der Waals surface area contributed by atoms with Crippen LogP contribution < -0.4 is 0 Å². The molecule has 0 atom stereocenters. The maximum Gasteiger partial charge on any atom is 0.147 e. The Balaban J connectivity index is 2.55. The van der Waals surface area contributed by atoms with Crippen LogP contribution in [0.25, 0.3) is 5.69 Å². The van der Waals surface area contributed by atoms with Crippen molar-refractivity contribution in [1.82, 2.24) is 9.55 Å². The third kappa shape index (κ3) is 2.34. The molecule has 0 amide bonds. The number of aryl methyl sites for hydroxylation is 1. The molecular formula is C13H14ClFN2. The van der Waals surface area contributed by atoms with E-state index in [2.05, 4.69) is 11.9 Å². The number of hydrogen-bond acceptors (Lipinski definition) is 1. The van der Waals surface area contributed by atoms with E-state index in [9.17, 15) is 4.39 Å². The number of para-hydroxylation sites is 1. The summed E-state index contributed by atoms with van der Waals surface area (Å²) in [5.41, 5.74) is 1.30. The maximum absolute atomic E-state index is 13.9. The fourth-order valence-corrected chi connectivity index (χ4v) is 2.10. The van der Waals surface area contributed by atoms with Gasteiger partial charge in [-0.1, -0.05) is 19.1 Å². The van der Waals surface area contributed by atoms with Gasteiger partial charge in [0.15, 0.2) is 0 Å². The summed E-state index contributed by atoms with van der Waals surface area (Å²) in [4.78, 5) is 4.25. The van der Waals surface area contributed by atoms with Gasteiger partial charge >= 0.3 is 0 Å². The zero-order valence-electron chi connectivity index (χ0n) is 9.66. The van der Waals surface area contributed by atoms with Crippen LogP contribution >= 0.6 is 11.6 Å². The van der Waals surface area contributed by atoms with Crippen molar-refractivity contribution in [1.29, 1.82) is 0 Å². The van der Waals surface area contributed by atoms with Gasteiger partial charge in [-0.2, -0.15) is 0 Å². The van der Waals surface area contributed by atoms with Crippen LogP contribution in [0.1, 0.15) is 24.7 Å². The van der Waals surface area contributed by atoms with E-state index in [4.69, 9.17) is 11.6 Å². The van der Waals surface area contributed by atoms with Crippen molar-refractivity contribution in [3.63, 3.8) is 0 Å². The Hall–Kier alpha value is -1.35. The van der Waals surface area contributed by atoms with E-state index in [1.807, 2.05) is 6.07 Å². The lowest BCUT2D eigenvalue weighted by Gasteiger charge is -2.12. The number of nitrogens with zero attached hydrogens (tertiary/aromatic N) is 2. The molecule has 0 saturated heterocycles. The Morgan fingerprint density at radius 1 is 1.41 bits per heavy atom. The zero-order chi connectivity index (χ0) is 12.3. The first-order valence-corrected chi connectivity index (χ1v) is 6.17. The Morgan fingerprint density at radius 2 is 2.24 bits per heavy atom. The fraction of sp³-hybridized carbons (Fsp3) is 0.308. The SMILES string of the molecule is CCCc1nccn1-c1c(F)cccc1CCl. The molecule has 17 heavy (non-hydrogen) atoms. The number of hydrogen-bond donors (Lipinski definition) is 0.